The van der Waals surface area contributed by atoms with Gasteiger partial charge in [0.15, 0.2) is 0 Å². The fourth-order valence-corrected chi connectivity index (χ4v) is 4.26. The Bertz CT molecular complexity index is 723. The Labute approximate surface area is 156 Å². The highest BCUT2D eigenvalue weighted by atomic mass is 32.2. The number of hydrogen-bond donors (Lipinski definition) is 1. The Morgan fingerprint density at radius 3 is 2.85 bits per heavy atom. The van der Waals surface area contributed by atoms with Gasteiger partial charge in [-0.15, -0.1) is 0 Å². The first-order valence-electron chi connectivity index (χ1n) is 8.90. The van der Waals surface area contributed by atoms with Crippen LogP contribution in [0.4, 0.5) is 0 Å². The van der Waals surface area contributed by atoms with Gasteiger partial charge >= 0.3 is 0 Å². The number of hydrogen-bond acceptors (Lipinski definition) is 5. The van der Waals surface area contributed by atoms with E-state index in [1.165, 1.54) is 39.1 Å². The molecule has 0 aromatic heterocycles. The van der Waals surface area contributed by atoms with Crippen LogP contribution in [-0.2, 0) is 14.9 Å². The van der Waals surface area contributed by atoms with Gasteiger partial charge in [-0.3, -0.25) is 9.63 Å². The van der Waals surface area contributed by atoms with Crippen LogP contribution in [0.5, 0.6) is 0 Å². The van der Waals surface area contributed by atoms with Gasteiger partial charge in [0.2, 0.25) is 0 Å². The van der Waals surface area contributed by atoms with E-state index in [-0.39, 0.29) is 16.8 Å². The first-order chi connectivity index (χ1) is 12.2. The summed E-state index contributed by atoms with van der Waals surface area (Å²) < 4.78 is 25.4. The van der Waals surface area contributed by atoms with Crippen LogP contribution in [0, 0.1) is 5.92 Å². The molecule has 8 heteroatoms. The average Bonchev–Trinajstić information content (AvgIpc) is 2.60. The molecule has 1 N–H and O–H groups in total. The van der Waals surface area contributed by atoms with Gasteiger partial charge in [-0.2, -0.15) is 0 Å². The Balaban J connectivity index is 2.02. The highest BCUT2D eigenvalue weighted by molar-refractivity contribution is 7.89. The number of benzene rings is 1. The lowest BCUT2D eigenvalue weighted by molar-refractivity contribution is -0.0258. The van der Waals surface area contributed by atoms with E-state index in [0.29, 0.717) is 11.5 Å². The number of amides is 1. The molecule has 1 aliphatic rings. The van der Waals surface area contributed by atoms with E-state index in [1.54, 1.807) is 12.1 Å². The molecule has 1 aliphatic heterocycles. The molecule has 0 bridgehead atoms. The fraction of sp³-hybridized carbons (Fsp3) is 0.611. The molecule has 1 fully saturated rings. The van der Waals surface area contributed by atoms with Crippen molar-refractivity contribution in [3.63, 3.8) is 0 Å². The van der Waals surface area contributed by atoms with Crippen LogP contribution in [-0.4, -0.2) is 63.5 Å². The first kappa shape index (κ1) is 20.8. The van der Waals surface area contributed by atoms with Gasteiger partial charge in [0.05, 0.1) is 12.0 Å². The summed E-state index contributed by atoms with van der Waals surface area (Å²) in [7, 11) is -1.20. The first-order valence-corrected chi connectivity index (χ1v) is 10.3. The molecule has 2 unspecified atom stereocenters. The zero-order chi connectivity index (χ0) is 19.3. The van der Waals surface area contributed by atoms with E-state index in [0.717, 1.165) is 24.1 Å². The fourth-order valence-electron chi connectivity index (χ4n) is 3.24. The third-order valence-corrected chi connectivity index (χ3v) is 6.32. The minimum Gasteiger partial charge on any atom is -0.348 e. The zero-order valence-corrected chi connectivity index (χ0v) is 16.8. The van der Waals surface area contributed by atoms with Crippen LogP contribution >= 0.6 is 0 Å². The number of likely N-dealkylation sites (tertiary alicyclic amines) is 1. The smallest absolute Gasteiger partial charge is 0.264 e. The quantitative estimate of drug-likeness (QED) is 0.726. The van der Waals surface area contributed by atoms with E-state index in [2.05, 4.69) is 17.1 Å². The molecule has 0 saturated carbocycles. The highest BCUT2D eigenvalue weighted by Crippen LogP contribution is 2.17. The maximum Gasteiger partial charge on any atom is 0.264 e. The molecule has 1 aromatic rings. The van der Waals surface area contributed by atoms with Crippen molar-refractivity contribution < 1.29 is 18.0 Å². The van der Waals surface area contributed by atoms with Gasteiger partial charge < -0.3 is 10.2 Å². The van der Waals surface area contributed by atoms with Crippen LogP contribution in [0.2, 0.25) is 0 Å². The largest absolute Gasteiger partial charge is 0.348 e. The normalized spacial score (nSPS) is 20.1. The van der Waals surface area contributed by atoms with Crippen molar-refractivity contribution >= 4 is 15.9 Å². The third-order valence-electron chi connectivity index (χ3n) is 4.64. The molecular formula is C18H29N3O4S. The molecule has 1 saturated heterocycles. The summed E-state index contributed by atoms with van der Waals surface area (Å²) in [5, 5.41) is 2.96. The molecule has 0 aliphatic carbocycles. The molecule has 1 heterocycles. The van der Waals surface area contributed by atoms with Crippen LogP contribution in [0.25, 0.3) is 0 Å². The predicted molar refractivity (Wildman–Crippen MR) is 100 cm³/mol. The van der Waals surface area contributed by atoms with Crippen molar-refractivity contribution in [2.75, 3.05) is 33.8 Å². The molecule has 2 rings (SSSR count). The van der Waals surface area contributed by atoms with Crippen LogP contribution in [0.15, 0.2) is 29.2 Å². The second-order valence-electron chi connectivity index (χ2n) is 7.01. The molecule has 1 amide bonds. The molecule has 0 spiro atoms. The van der Waals surface area contributed by atoms with Gasteiger partial charge in [-0.25, -0.2) is 8.42 Å². The van der Waals surface area contributed by atoms with Crippen molar-refractivity contribution in [2.24, 2.45) is 5.92 Å². The van der Waals surface area contributed by atoms with Crippen LogP contribution in [0.1, 0.15) is 37.0 Å². The number of carbonyl (C=O) groups excluding carboxylic acids is 1. The lowest BCUT2D eigenvalue weighted by Crippen LogP contribution is -2.45. The number of carbonyl (C=O) groups is 1. The van der Waals surface area contributed by atoms with Gasteiger partial charge in [0.25, 0.3) is 15.9 Å². The molecule has 7 nitrogen and oxygen atoms in total. The molecule has 0 radical (unpaired) electrons. The third kappa shape index (κ3) is 5.26. The number of sulfonamides is 1. The van der Waals surface area contributed by atoms with E-state index in [9.17, 15) is 13.2 Å². The van der Waals surface area contributed by atoms with Crippen molar-refractivity contribution in [3.05, 3.63) is 29.8 Å². The second-order valence-corrected chi connectivity index (χ2v) is 8.94. The second kappa shape index (κ2) is 8.94. The van der Waals surface area contributed by atoms with Crippen molar-refractivity contribution in [2.45, 2.75) is 37.6 Å². The maximum absolute atomic E-state index is 12.5. The summed E-state index contributed by atoms with van der Waals surface area (Å²) in [6.45, 7) is 7.12. The zero-order valence-electron chi connectivity index (χ0n) is 15.9. The Hall–Kier alpha value is -1.48. The Morgan fingerprint density at radius 1 is 1.46 bits per heavy atom. The lowest BCUT2D eigenvalue weighted by atomic mass is 10.00. The van der Waals surface area contributed by atoms with Gasteiger partial charge in [0, 0.05) is 31.7 Å². The van der Waals surface area contributed by atoms with Gasteiger partial charge in [0.1, 0.15) is 0 Å². The average molecular weight is 384 g/mol. The number of piperidine rings is 1. The summed E-state index contributed by atoms with van der Waals surface area (Å²) >= 11 is 0. The van der Waals surface area contributed by atoms with Crippen molar-refractivity contribution in [1.82, 2.24) is 14.7 Å². The highest BCUT2D eigenvalue weighted by Gasteiger charge is 2.23. The Kier molecular flexibility index (Phi) is 7.16. The van der Waals surface area contributed by atoms with Crippen LogP contribution in [0.3, 0.4) is 0 Å². The number of nitrogens with zero attached hydrogens (tertiary/aromatic N) is 2. The number of hydroxylamine groups is 1. The van der Waals surface area contributed by atoms with Gasteiger partial charge in [-0.05, 0) is 50.4 Å². The molecule has 2 atom stereocenters. The van der Waals surface area contributed by atoms with Crippen LogP contribution < -0.4 is 5.32 Å². The van der Waals surface area contributed by atoms with Crippen molar-refractivity contribution in [1.29, 1.82) is 0 Å². The maximum atomic E-state index is 12.5. The summed E-state index contributed by atoms with van der Waals surface area (Å²) in [5.74, 6) is 0.408. The summed E-state index contributed by atoms with van der Waals surface area (Å²) in [5.41, 5.74) is 0.314. The molecule has 146 valence electrons. The summed E-state index contributed by atoms with van der Waals surface area (Å²) in [6.07, 6.45) is 2.45. The van der Waals surface area contributed by atoms with Crippen molar-refractivity contribution in [3.8, 4) is 0 Å². The topological polar surface area (TPSA) is 78.9 Å². The minimum atomic E-state index is -3.78. The van der Waals surface area contributed by atoms with Gasteiger partial charge in [-0.1, -0.05) is 17.5 Å². The monoisotopic (exact) mass is 383 g/mol. The molecule has 1 aromatic carbocycles. The SMILES string of the molecule is CON(C)S(=O)(=O)c1cccc(C(=O)NC(C)CN2CCCC(C)C2)c1. The Morgan fingerprint density at radius 2 is 2.19 bits per heavy atom. The lowest BCUT2D eigenvalue weighted by Gasteiger charge is -2.32. The molecule has 26 heavy (non-hydrogen) atoms. The number of rotatable bonds is 7. The van der Waals surface area contributed by atoms with E-state index >= 15 is 0 Å². The van der Waals surface area contributed by atoms with E-state index in [1.807, 2.05) is 6.92 Å². The summed E-state index contributed by atoms with van der Waals surface area (Å²) in [4.78, 5) is 19.7. The minimum absolute atomic E-state index is 0.0188. The number of nitrogens with one attached hydrogen (secondary N) is 1. The van der Waals surface area contributed by atoms with E-state index < -0.39 is 10.0 Å². The molecular weight excluding hydrogens is 354 g/mol. The van der Waals surface area contributed by atoms with E-state index in [4.69, 9.17) is 4.84 Å². The summed E-state index contributed by atoms with van der Waals surface area (Å²) in [6, 6.07) is 5.96. The standard InChI is InChI=1S/C18H29N3O4S/c1-14-7-6-10-21(12-14)13-15(2)19-18(22)16-8-5-9-17(11-16)26(23,24)20(3)25-4/h5,8-9,11,14-15H,6-7,10,12-13H2,1-4H3,(H,19,22). The predicted octanol–water partition coefficient (Wildman–Crippen LogP) is 1.72.